The zero-order valence-electron chi connectivity index (χ0n) is 5.37. The lowest BCUT2D eigenvalue weighted by atomic mass is 10.8. The Labute approximate surface area is 62.9 Å². The maximum atomic E-state index is 5.26. The predicted octanol–water partition coefficient (Wildman–Crippen LogP) is 0.665. The van der Waals surface area contributed by atoms with E-state index in [-0.39, 0.29) is 5.95 Å². The van der Waals surface area contributed by atoms with Crippen LogP contribution in [0.1, 0.15) is 0 Å². The second-order valence-electron chi connectivity index (χ2n) is 1.60. The maximum absolute atomic E-state index is 5.26. The summed E-state index contributed by atoms with van der Waals surface area (Å²) < 4.78 is 0. The lowest BCUT2D eigenvalue weighted by Gasteiger charge is -1.86. The van der Waals surface area contributed by atoms with Crippen molar-refractivity contribution >= 4 is 17.7 Å². The fraction of sp³-hybridized carbons (Fsp3) is 0.200. The quantitative estimate of drug-likeness (QED) is 0.498. The number of nitrogen functional groups attached to an aromatic ring is 1. The highest BCUT2D eigenvalue weighted by molar-refractivity contribution is 7.99. The number of H-pyrrole nitrogens is 1. The van der Waals surface area contributed by atoms with E-state index in [1.165, 1.54) is 11.8 Å². The zero-order valence-corrected chi connectivity index (χ0v) is 6.19. The van der Waals surface area contributed by atoms with Crippen molar-refractivity contribution in [3.8, 4) is 0 Å². The van der Waals surface area contributed by atoms with Gasteiger partial charge in [-0.1, -0.05) is 17.8 Å². The highest BCUT2D eigenvalue weighted by atomic mass is 32.2. The first-order valence-corrected chi connectivity index (χ1v) is 3.73. The van der Waals surface area contributed by atoms with Gasteiger partial charge in [0.1, 0.15) is 0 Å². The van der Waals surface area contributed by atoms with Crippen LogP contribution in [-0.2, 0) is 0 Å². The van der Waals surface area contributed by atoms with E-state index in [4.69, 9.17) is 5.73 Å². The van der Waals surface area contributed by atoms with E-state index in [1.54, 1.807) is 6.08 Å². The van der Waals surface area contributed by atoms with Crippen LogP contribution in [0.3, 0.4) is 0 Å². The summed E-state index contributed by atoms with van der Waals surface area (Å²) in [5.74, 6) is 1.10. The van der Waals surface area contributed by atoms with Gasteiger partial charge >= 0.3 is 0 Å². The Balaban J connectivity index is 2.49. The van der Waals surface area contributed by atoms with Crippen LogP contribution in [0.4, 0.5) is 5.95 Å². The first-order valence-electron chi connectivity index (χ1n) is 2.74. The second-order valence-corrected chi connectivity index (χ2v) is 2.61. The van der Waals surface area contributed by atoms with E-state index in [2.05, 4.69) is 21.8 Å². The molecule has 0 saturated heterocycles. The summed E-state index contributed by atoms with van der Waals surface area (Å²) >= 11 is 1.51. The number of anilines is 1. The standard InChI is InChI=1S/C5H8N4S/c1-2-3-10-5-7-4(6)8-9-5/h2H,1,3H2,(H3,6,7,8,9). The SMILES string of the molecule is C=CCSc1nc(N)n[nH]1. The van der Waals surface area contributed by atoms with E-state index < -0.39 is 0 Å². The minimum Gasteiger partial charge on any atom is -0.366 e. The van der Waals surface area contributed by atoms with Crippen LogP contribution in [0, 0.1) is 0 Å². The summed E-state index contributed by atoms with van der Waals surface area (Å²) in [5.41, 5.74) is 5.26. The normalized spacial score (nSPS) is 9.60. The van der Waals surface area contributed by atoms with Crippen LogP contribution >= 0.6 is 11.8 Å². The van der Waals surface area contributed by atoms with Gasteiger partial charge in [-0.15, -0.1) is 11.7 Å². The van der Waals surface area contributed by atoms with Gasteiger partial charge < -0.3 is 5.73 Å². The Morgan fingerprint density at radius 3 is 3.10 bits per heavy atom. The third-order valence-electron chi connectivity index (χ3n) is 0.820. The largest absolute Gasteiger partial charge is 0.366 e. The summed E-state index contributed by atoms with van der Waals surface area (Å²) in [6.07, 6.45) is 1.80. The Morgan fingerprint density at radius 1 is 1.80 bits per heavy atom. The molecule has 0 aromatic carbocycles. The number of thioether (sulfide) groups is 1. The molecule has 1 aromatic rings. The molecule has 0 aliphatic rings. The molecule has 3 N–H and O–H groups in total. The molecule has 0 spiro atoms. The van der Waals surface area contributed by atoms with Crippen LogP contribution in [0.5, 0.6) is 0 Å². The number of nitrogens with two attached hydrogens (primary N) is 1. The van der Waals surface area contributed by atoms with Crippen LogP contribution < -0.4 is 5.73 Å². The molecular weight excluding hydrogens is 148 g/mol. The van der Waals surface area contributed by atoms with Gasteiger partial charge in [-0.3, -0.25) is 5.10 Å². The van der Waals surface area contributed by atoms with Crippen molar-refractivity contribution in [2.45, 2.75) is 5.16 Å². The summed E-state index contributed by atoms with van der Waals surface area (Å²) in [6.45, 7) is 3.57. The van der Waals surface area contributed by atoms with Gasteiger partial charge in [0.05, 0.1) is 0 Å². The van der Waals surface area contributed by atoms with Crippen LogP contribution in [0.15, 0.2) is 17.8 Å². The van der Waals surface area contributed by atoms with Gasteiger partial charge in [0, 0.05) is 5.75 Å². The lowest BCUT2D eigenvalue weighted by Crippen LogP contribution is -1.85. The zero-order chi connectivity index (χ0) is 7.40. The molecule has 0 aliphatic carbocycles. The van der Waals surface area contributed by atoms with Crippen molar-refractivity contribution in [1.82, 2.24) is 15.2 Å². The number of rotatable bonds is 3. The number of aromatic nitrogens is 3. The molecule has 0 amide bonds. The van der Waals surface area contributed by atoms with Crippen LogP contribution in [0.25, 0.3) is 0 Å². The van der Waals surface area contributed by atoms with E-state index in [1.807, 2.05) is 0 Å². The van der Waals surface area contributed by atoms with Crippen molar-refractivity contribution in [3.63, 3.8) is 0 Å². The molecule has 0 fully saturated rings. The van der Waals surface area contributed by atoms with Gasteiger partial charge in [0.25, 0.3) is 0 Å². The fourth-order valence-corrected chi connectivity index (χ4v) is 1.01. The molecule has 1 rings (SSSR count). The summed E-state index contributed by atoms with van der Waals surface area (Å²) in [7, 11) is 0. The first-order chi connectivity index (χ1) is 4.83. The molecule has 54 valence electrons. The highest BCUT2D eigenvalue weighted by Gasteiger charge is 1.96. The van der Waals surface area contributed by atoms with Gasteiger partial charge in [0.2, 0.25) is 5.95 Å². The molecular formula is C5H8N4S. The van der Waals surface area contributed by atoms with E-state index in [9.17, 15) is 0 Å². The van der Waals surface area contributed by atoms with Gasteiger partial charge in [-0.05, 0) is 0 Å². The van der Waals surface area contributed by atoms with Gasteiger partial charge in [-0.25, -0.2) is 0 Å². The second kappa shape index (κ2) is 3.26. The average molecular weight is 156 g/mol. The number of aromatic amines is 1. The van der Waals surface area contributed by atoms with E-state index in [0.29, 0.717) is 0 Å². The monoisotopic (exact) mass is 156 g/mol. The molecule has 1 heterocycles. The topological polar surface area (TPSA) is 67.6 Å². The maximum Gasteiger partial charge on any atom is 0.240 e. The molecule has 10 heavy (non-hydrogen) atoms. The van der Waals surface area contributed by atoms with Crippen molar-refractivity contribution < 1.29 is 0 Å². The van der Waals surface area contributed by atoms with Crippen molar-refractivity contribution in [1.29, 1.82) is 0 Å². The highest BCUT2D eigenvalue weighted by Crippen LogP contribution is 2.11. The van der Waals surface area contributed by atoms with Gasteiger partial charge in [-0.2, -0.15) is 4.98 Å². The summed E-state index contributed by atoms with van der Waals surface area (Å²) in [5, 5.41) is 7.06. The molecule has 0 radical (unpaired) electrons. The molecule has 4 nitrogen and oxygen atoms in total. The Morgan fingerprint density at radius 2 is 2.60 bits per heavy atom. The number of nitrogens with zero attached hydrogens (tertiary/aromatic N) is 2. The first kappa shape index (κ1) is 7.14. The minimum absolute atomic E-state index is 0.284. The number of hydrogen-bond donors (Lipinski definition) is 2. The summed E-state index contributed by atoms with van der Waals surface area (Å²) in [6, 6.07) is 0. The average Bonchev–Trinajstić information content (AvgIpc) is 2.31. The number of hydrogen-bond acceptors (Lipinski definition) is 4. The van der Waals surface area contributed by atoms with Crippen molar-refractivity contribution in [3.05, 3.63) is 12.7 Å². The molecule has 0 aliphatic heterocycles. The third kappa shape index (κ3) is 1.77. The molecule has 0 bridgehead atoms. The lowest BCUT2D eigenvalue weighted by molar-refractivity contribution is 0.975. The number of nitrogens with one attached hydrogen (secondary N) is 1. The van der Waals surface area contributed by atoms with Crippen molar-refractivity contribution in [2.75, 3.05) is 11.5 Å². The third-order valence-corrected chi connectivity index (χ3v) is 1.68. The molecule has 5 heteroatoms. The fourth-order valence-electron chi connectivity index (χ4n) is 0.462. The van der Waals surface area contributed by atoms with Gasteiger partial charge in [0.15, 0.2) is 5.16 Å². The van der Waals surface area contributed by atoms with Crippen molar-refractivity contribution in [2.24, 2.45) is 0 Å². The van der Waals surface area contributed by atoms with E-state index in [0.717, 1.165) is 10.9 Å². The smallest absolute Gasteiger partial charge is 0.240 e. The van der Waals surface area contributed by atoms with E-state index >= 15 is 0 Å². The Bertz CT molecular complexity index is 219. The summed E-state index contributed by atoms with van der Waals surface area (Å²) in [4.78, 5) is 3.87. The minimum atomic E-state index is 0.284. The Kier molecular flexibility index (Phi) is 2.33. The molecule has 0 atom stereocenters. The van der Waals surface area contributed by atoms with Crippen LogP contribution in [-0.4, -0.2) is 20.9 Å². The molecule has 0 unspecified atom stereocenters. The van der Waals surface area contributed by atoms with Crippen LogP contribution in [0.2, 0.25) is 0 Å². The molecule has 0 saturated carbocycles. The predicted molar refractivity (Wildman–Crippen MR) is 41.7 cm³/mol. The molecule has 1 aromatic heterocycles. The Hall–Kier alpha value is -0.970.